The van der Waals surface area contributed by atoms with E-state index in [1.54, 1.807) is 0 Å². The molecule has 0 spiro atoms. The molecule has 1 N–H and O–H groups in total. The number of benzene rings is 1. The molecule has 2 unspecified atom stereocenters. The monoisotopic (exact) mass is 260 g/mol. The maximum Gasteiger partial charge on any atom is 0.0495 e. The van der Waals surface area contributed by atoms with Crippen LogP contribution in [0.25, 0.3) is 0 Å². The summed E-state index contributed by atoms with van der Waals surface area (Å²) in [6.45, 7) is 6.49. The molecular formula is C16H24N2O. The molecule has 3 rings (SSSR count). The van der Waals surface area contributed by atoms with Gasteiger partial charge in [-0.15, -0.1) is 0 Å². The highest BCUT2D eigenvalue weighted by Gasteiger charge is 2.25. The van der Waals surface area contributed by atoms with Gasteiger partial charge >= 0.3 is 0 Å². The van der Waals surface area contributed by atoms with Crippen LogP contribution in [-0.4, -0.2) is 44.3 Å². The van der Waals surface area contributed by atoms with Crippen molar-refractivity contribution in [1.29, 1.82) is 0 Å². The first kappa shape index (κ1) is 13.1. The number of nitrogens with one attached hydrogen (secondary N) is 1. The summed E-state index contributed by atoms with van der Waals surface area (Å²) in [5.74, 6) is 0.784. The Balaban J connectivity index is 1.60. The van der Waals surface area contributed by atoms with E-state index in [0.29, 0.717) is 6.04 Å². The lowest BCUT2D eigenvalue weighted by atomic mass is 10.0. The lowest BCUT2D eigenvalue weighted by Crippen LogP contribution is -2.46. The van der Waals surface area contributed by atoms with Crippen molar-refractivity contribution in [2.45, 2.75) is 18.9 Å². The average molecular weight is 260 g/mol. The maximum atomic E-state index is 5.48. The van der Waals surface area contributed by atoms with Gasteiger partial charge in [0.2, 0.25) is 0 Å². The second kappa shape index (κ2) is 6.51. The highest BCUT2D eigenvalue weighted by atomic mass is 16.5. The third-order valence-electron chi connectivity index (χ3n) is 4.39. The predicted molar refractivity (Wildman–Crippen MR) is 77.2 cm³/mol. The minimum atomic E-state index is 0.539. The SMILES string of the molecule is c1ccc(C2CNCCN2CCC2CCOC2)cc1. The molecule has 2 aliphatic rings. The Hall–Kier alpha value is -0.900. The summed E-state index contributed by atoms with van der Waals surface area (Å²) in [5.41, 5.74) is 1.44. The van der Waals surface area contributed by atoms with Crippen LogP contribution in [0.15, 0.2) is 30.3 Å². The number of ether oxygens (including phenoxy) is 1. The lowest BCUT2D eigenvalue weighted by molar-refractivity contribution is 0.143. The normalized spacial score (nSPS) is 28.6. The van der Waals surface area contributed by atoms with Crippen molar-refractivity contribution >= 4 is 0 Å². The van der Waals surface area contributed by atoms with E-state index in [1.165, 1.54) is 24.9 Å². The summed E-state index contributed by atoms with van der Waals surface area (Å²) in [5, 5.41) is 3.52. The van der Waals surface area contributed by atoms with E-state index in [2.05, 4.69) is 40.5 Å². The Kier molecular flexibility index (Phi) is 4.49. The molecule has 2 atom stereocenters. The van der Waals surface area contributed by atoms with Gasteiger partial charge in [-0.3, -0.25) is 4.90 Å². The molecule has 0 saturated carbocycles. The molecule has 0 amide bonds. The highest BCUT2D eigenvalue weighted by molar-refractivity contribution is 5.20. The largest absolute Gasteiger partial charge is 0.381 e. The minimum Gasteiger partial charge on any atom is -0.381 e. The van der Waals surface area contributed by atoms with Gasteiger partial charge in [0.05, 0.1) is 0 Å². The van der Waals surface area contributed by atoms with Gasteiger partial charge in [-0.1, -0.05) is 30.3 Å². The first-order chi connectivity index (χ1) is 9.43. The number of hydrogen-bond acceptors (Lipinski definition) is 3. The van der Waals surface area contributed by atoms with Crippen LogP contribution in [0, 0.1) is 5.92 Å². The molecule has 1 aromatic carbocycles. The van der Waals surface area contributed by atoms with E-state index >= 15 is 0 Å². The van der Waals surface area contributed by atoms with E-state index in [4.69, 9.17) is 4.74 Å². The van der Waals surface area contributed by atoms with Crippen LogP contribution in [0.4, 0.5) is 0 Å². The second-order valence-electron chi connectivity index (χ2n) is 5.68. The molecule has 0 bridgehead atoms. The summed E-state index contributed by atoms with van der Waals surface area (Å²) in [6.07, 6.45) is 2.53. The zero-order valence-electron chi connectivity index (χ0n) is 11.6. The molecule has 3 heteroatoms. The minimum absolute atomic E-state index is 0.539. The van der Waals surface area contributed by atoms with Crippen LogP contribution in [0.2, 0.25) is 0 Å². The molecule has 0 radical (unpaired) electrons. The van der Waals surface area contributed by atoms with Gasteiger partial charge in [-0.2, -0.15) is 0 Å². The van der Waals surface area contributed by atoms with Crippen LogP contribution in [0.3, 0.4) is 0 Å². The van der Waals surface area contributed by atoms with Gasteiger partial charge in [-0.25, -0.2) is 0 Å². The van der Waals surface area contributed by atoms with E-state index in [1.807, 2.05) is 0 Å². The Labute approximate surface area is 115 Å². The van der Waals surface area contributed by atoms with Crippen molar-refractivity contribution in [3.8, 4) is 0 Å². The standard InChI is InChI=1S/C16H24N2O/c1-2-4-15(5-3-1)16-12-17-8-10-18(16)9-6-14-7-11-19-13-14/h1-5,14,16-17H,6-13H2. The first-order valence-electron chi connectivity index (χ1n) is 7.51. The number of piperazine rings is 1. The maximum absolute atomic E-state index is 5.48. The van der Waals surface area contributed by atoms with Gasteiger partial charge in [0.25, 0.3) is 0 Å². The molecule has 2 aliphatic heterocycles. The van der Waals surface area contributed by atoms with Crippen molar-refractivity contribution in [2.75, 3.05) is 39.4 Å². The zero-order valence-corrected chi connectivity index (χ0v) is 11.6. The number of hydrogen-bond donors (Lipinski definition) is 1. The Bertz CT molecular complexity index is 376. The summed E-state index contributed by atoms with van der Waals surface area (Å²) in [6, 6.07) is 11.4. The zero-order chi connectivity index (χ0) is 12.9. The molecular weight excluding hydrogens is 236 g/mol. The predicted octanol–water partition coefficient (Wildman–Crippen LogP) is 2.06. The third-order valence-corrected chi connectivity index (χ3v) is 4.39. The molecule has 1 aromatic rings. The fourth-order valence-corrected chi connectivity index (χ4v) is 3.18. The average Bonchev–Trinajstić information content (AvgIpc) is 3.00. The quantitative estimate of drug-likeness (QED) is 0.897. The third kappa shape index (κ3) is 3.35. The van der Waals surface area contributed by atoms with Crippen LogP contribution < -0.4 is 5.32 Å². The van der Waals surface area contributed by atoms with E-state index in [-0.39, 0.29) is 0 Å². The van der Waals surface area contributed by atoms with Crippen molar-refractivity contribution < 1.29 is 4.74 Å². The smallest absolute Gasteiger partial charge is 0.0495 e. The van der Waals surface area contributed by atoms with E-state index < -0.39 is 0 Å². The van der Waals surface area contributed by atoms with Crippen molar-refractivity contribution in [2.24, 2.45) is 5.92 Å². The van der Waals surface area contributed by atoms with Gasteiger partial charge in [0.15, 0.2) is 0 Å². The summed E-state index contributed by atoms with van der Waals surface area (Å²) >= 11 is 0. The van der Waals surface area contributed by atoms with Crippen LogP contribution >= 0.6 is 0 Å². The summed E-state index contributed by atoms with van der Waals surface area (Å²) in [4.78, 5) is 2.64. The van der Waals surface area contributed by atoms with E-state index in [9.17, 15) is 0 Å². The topological polar surface area (TPSA) is 24.5 Å². The van der Waals surface area contributed by atoms with E-state index in [0.717, 1.165) is 38.8 Å². The summed E-state index contributed by atoms with van der Waals surface area (Å²) in [7, 11) is 0. The van der Waals surface area contributed by atoms with Crippen LogP contribution in [-0.2, 0) is 4.74 Å². The first-order valence-corrected chi connectivity index (χ1v) is 7.51. The number of nitrogens with zero attached hydrogens (tertiary/aromatic N) is 1. The van der Waals surface area contributed by atoms with Crippen molar-refractivity contribution in [1.82, 2.24) is 10.2 Å². The number of rotatable bonds is 4. The molecule has 19 heavy (non-hydrogen) atoms. The van der Waals surface area contributed by atoms with Gasteiger partial charge in [-0.05, 0) is 30.9 Å². The molecule has 104 valence electrons. The van der Waals surface area contributed by atoms with Gasteiger partial charge in [0.1, 0.15) is 0 Å². The fraction of sp³-hybridized carbons (Fsp3) is 0.625. The van der Waals surface area contributed by atoms with Crippen LogP contribution in [0.5, 0.6) is 0 Å². The molecule has 2 fully saturated rings. The molecule has 3 nitrogen and oxygen atoms in total. The summed E-state index contributed by atoms with van der Waals surface area (Å²) < 4.78 is 5.48. The van der Waals surface area contributed by atoms with Crippen molar-refractivity contribution in [3.63, 3.8) is 0 Å². The van der Waals surface area contributed by atoms with Gasteiger partial charge in [0, 0.05) is 38.9 Å². The molecule has 0 aliphatic carbocycles. The highest BCUT2D eigenvalue weighted by Crippen LogP contribution is 2.24. The molecule has 0 aromatic heterocycles. The molecule has 2 heterocycles. The Morgan fingerprint density at radius 3 is 2.95 bits per heavy atom. The Morgan fingerprint density at radius 2 is 2.16 bits per heavy atom. The Morgan fingerprint density at radius 1 is 1.26 bits per heavy atom. The molecule has 2 saturated heterocycles. The van der Waals surface area contributed by atoms with Crippen LogP contribution in [0.1, 0.15) is 24.4 Å². The van der Waals surface area contributed by atoms with Gasteiger partial charge < -0.3 is 10.1 Å². The second-order valence-corrected chi connectivity index (χ2v) is 5.68. The van der Waals surface area contributed by atoms with Crippen molar-refractivity contribution in [3.05, 3.63) is 35.9 Å². The lowest BCUT2D eigenvalue weighted by Gasteiger charge is -2.37. The fourth-order valence-electron chi connectivity index (χ4n) is 3.18.